The lowest BCUT2D eigenvalue weighted by molar-refractivity contribution is -0.140. The lowest BCUT2D eigenvalue weighted by Crippen LogP contribution is -2.33. The van der Waals surface area contributed by atoms with Gasteiger partial charge in [0.05, 0.1) is 16.7 Å². The second-order valence-corrected chi connectivity index (χ2v) is 7.31. The number of carbonyl (C=O) groups excluding carboxylic acids is 2. The van der Waals surface area contributed by atoms with Gasteiger partial charge in [-0.2, -0.15) is 0 Å². The first-order chi connectivity index (χ1) is 10.8. The fourth-order valence-electron chi connectivity index (χ4n) is 2.55. The largest absolute Gasteiger partial charge is 0.481 e. The number of carboxylic acid groups (broad SMARTS) is 1. The van der Waals surface area contributed by atoms with Crippen molar-refractivity contribution < 1.29 is 27.9 Å². The molecule has 23 heavy (non-hydrogen) atoms. The summed E-state index contributed by atoms with van der Waals surface area (Å²) in [5.74, 6) is -3.66. The zero-order valence-electron chi connectivity index (χ0n) is 11.9. The normalized spacial score (nSPS) is 22.7. The number of amides is 2. The van der Waals surface area contributed by atoms with Gasteiger partial charge in [0, 0.05) is 12.1 Å². The van der Waals surface area contributed by atoms with Crippen LogP contribution in [0.15, 0.2) is 23.1 Å². The van der Waals surface area contributed by atoms with E-state index in [9.17, 15) is 22.8 Å². The minimum atomic E-state index is -4.07. The number of fused-ring (bicyclic) bond motifs is 1. The van der Waals surface area contributed by atoms with Crippen LogP contribution in [-0.4, -0.2) is 31.3 Å². The smallest absolute Gasteiger partial charge is 0.307 e. The van der Waals surface area contributed by atoms with Crippen LogP contribution < -0.4 is 10.0 Å². The minimum Gasteiger partial charge on any atom is -0.481 e. The van der Waals surface area contributed by atoms with Gasteiger partial charge in [0.2, 0.25) is 11.8 Å². The van der Waals surface area contributed by atoms with Gasteiger partial charge in [0.1, 0.15) is 0 Å². The molecule has 1 fully saturated rings. The van der Waals surface area contributed by atoms with E-state index in [1.165, 1.54) is 18.2 Å². The third kappa shape index (κ3) is 3.04. The molecule has 2 atom stereocenters. The van der Waals surface area contributed by atoms with Gasteiger partial charge >= 0.3 is 5.97 Å². The number of nitrogens with one attached hydrogen (secondary N) is 2. The zero-order chi connectivity index (χ0) is 16.8. The van der Waals surface area contributed by atoms with E-state index in [0.717, 1.165) is 0 Å². The lowest BCUT2D eigenvalue weighted by Gasteiger charge is -2.17. The molecule has 3 N–H and O–H groups in total. The van der Waals surface area contributed by atoms with Crippen molar-refractivity contribution in [3.63, 3.8) is 0 Å². The summed E-state index contributed by atoms with van der Waals surface area (Å²) < 4.78 is 26.4. The highest BCUT2D eigenvalue weighted by molar-refractivity contribution is 7.90. The molecule has 0 spiro atoms. The average Bonchev–Trinajstić information content (AvgIpc) is 3.26. The molecule has 3 rings (SSSR count). The van der Waals surface area contributed by atoms with Gasteiger partial charge < -0.3 is 10.4 Å². The number of carboxylic acids is 1. The van der Waals surface area contributed by atoms with Crippen LogP contribution in [0.3, 0.4) is 0 Å². The number of sulfonamides is 1. The van der Waals surface area contributed by atoms with Gasteiger partial charge in [-0.25, -0.2) is 13.1 Å². The molecule has 0 saturated heterocycles. The van der Waals surface area contributed by atoms with Crippen molar-refractivity contribution in [3.05, 3.63) is 23.8 Å². The predicted octanol–water partition coefficient (Wildman–Crippen LogP) is 0.0969. The maximum atomic E-state index is 12.2. The number of hydrogen-bond donors (Lipinski definition) is 3. The molecular weight excluding hydrogens is 324 g/mol. The maximum Gasteiger partial charge on any atom is 0.307 e. The highest BCUT2D eigenvalue weighted by Gasteiger charge is 2.49. The van der Waals surface area contributed by atoms with Crippen LogP contribution in [-0.2, 0) is 30.8 Å². The third-order valence-corrected chi connectivity index (χ3v) is 5.31. The summed E-state index contributed by atoms with van der Waals surface area (Å²) in [5, 5.41) is 11.4. The monoisotopic (exact) mass is 338 g/mol. The Morgan fingerprint density at radius 2 is 1.96 bits per heavy atom. The van der Waals surface area contributed by atoms with Crippen LogP contribution in [0.5, 0.6) is 0 Å². The minimum absolute atomic E-state index is 0.0896. The van der Waals surface area contributed by atoms with Crippen molar-refractivity contribution in [2.75, 3.05) is 5.32 Å². The molecule has 1 heterocycles. The summed E-state index contributed by atoms with van der Waals surface area (Å²) in [7, 11) is -4.07. The van der Waals surface area contributed by atoms with Crippen molar-refractivity contribution in [1.82, 2.24) is 4.72 Å². The molecule has 1 aromatic rings. The van der Waals surface area contributed by atoms with E-state index in [-0.39, 0.29) is 23.6 Å². The molecule has 1 aliphatic heterocycles. The molecule has 0 bridgehead atoms. The maximum absolute atomic E-state index is 12.2. The van der Waals surface area contributed by atoms with E-state index in [4.69, 9.17) is 5.11 Å². The van der Waals surface area contributed by atoms with Gasteiger partial charge in [0.25, 0.3) is 10.0 Å². The number of rotatable bonds is 4. The standard InChI is InChI=1S/C14H14N2O6S/c17-12-4-1-7-5-8(2-3-11(7)15-12)23(21,22)16-13(18)9-6-10(9)14(19)20/h2-3,5,9-10H,1,4,6H2,(H,15,17)(H,16,18)(H,19,20)/t9-,10-/m1/s1. The van der Waals surface area contributed by atoms with E-state index in [0.29, 0.717) is 17.7 Å². The van der Waals surface area contributed by atoms with Crippen LogP contribution in [0.2, 0.25) is 0 Å². The van der Waals surface area contributed by atoms with Crippen molar-refractivity contribution in [3.8, 4) is 0 Å². The topological polar surface area (TPSA) is 130 Å². The quantitative estimate of drug-likeness (QED) is 0.714. The van der Waals surface area contributed by atoms with Crippen LogP contribution in [0.25, 0.3) is 0 Å². The van der Waals surface area contributed by atoms with E-state index in [1.54, 1.807) is 0 Å². The first-order valence-corrected chi connectivity index (χ1v) is 8.48. The summed E-state index contributed by atoms with van der Waals surface area (Å²) in [6.45, 7) is 0. The van der Waals surface area contributed by atoms with Gasteiger partial charge in [-0.1, -0.05) is 0 Å². The lowest BCUT2D eigenvalue weighted by atomic mass is 10.0. The number of carbonyl (C=O) groups is 3. The predicted molar refractivity (Wildman–Crippen MR) is 78.0 cm³/mol. The summed E-state index contributed by atoms with van der Waals surface area (Å²) in [5.41, 5.74) is 1.23. The number of hydrogen-bond acceptors (Lipinski definition) is 5. The van der Waals surface area contributed by atoms with E-state index in [2.05, 4.69) is 5.32 Å². The van der Waals surface area contributed by atoms with Gasteiger partial charge in [-0.3, -0.25) is 14.4 Å². The molecule has 1 aromatic carbocycles. The summed E-state index contributed by atoms with van der Waals surface area (Å²) in [6, 6.07) is 4.18. The summed E-state index contributed by atoms with van der Waals surface area (Å²) >= 11 is 0. The Kier molecular flexibility index (Phi) is 3.59. The Morgan fingerprint density at radius 3 is 2.61 bits per heavy atom. The molecule has 122 valence electrons. The van der Waals surface area contributed by atoms with Gasteiger partial charge in [0.15, 0.2) is 0 Å². The first kappa shape index (κ1) is 15.5. The third-order valence-electron chi connectivity index (χ3n) is 3.96. The highest BCUT2D eigenvalue weighted by atomic mass is 32.2. The van der Waals surface area contributed by atoms with E-state index in [1.807, 2.05) is 4.72 Å². The fraction of sp³-hybridized carbons (Fsp3) is 0.357. The molecule has 2 amide bonds. The molecule has 2 aliphatic rings. The number of aliphatic carboxylic acids is 1. The average molecular weight is 338 g/mol. The Labute approximate surface area is 131 Å². The van der Waals surface area contributed by atoms with Crippen molar-refractivity contribution in [2.24, 2.45) is 11.8 Å². The van der Waals surface area contributed by atoms with Crippen molar-refractivity contribution in [2.45, 2.75) is 24.2 Å². The Morgan fingerprint density at radius 1 is 1.22 bits per heavy atom. The van der Waals surface area contributed by atoms with Crippen molar-refractivity contribution >= 4 is 33.5 Å². The highest BCUT2D eigenvalue weighted by Crippen LogP contribution is 2.39. The van der Waals surface area contributed by atoms with E-state index >= 15 is 0 Å². The molecule has 1 aliphatic carbocycles. The molecule has 1 saturated carbocycles. The summed E-state index contributed by atoms with van der Waals surface area (Å²) in [6.07, 6.45) is 0.834. The number of benzene rings is 1. The zero-order valence-corrected chi connectivity index (χ0v) is 12.7. The summed E-state index contributed by atoms with van der Waals surface area (Å²) in [4.78, 5) is 33.8. The molecule has 0 unspecified atom stereocenters. The Hall–Kier alpha value is -2.42. The SMILES string of the molecule is O=C1CCc2cc(S(=O)(=O)NC(=O)[C@@H]3C[C@H]3C(=O)O)ccc2N1. The van der Waals surface area contributed by atoms with Crippen LogP contribution in [0, 0.1) is 11.8 Å². The van der Waals surface area contributed by atoms with Crippen LogP contribution >= 0.6 is 0 Å². The second kappa shape index (κ2) is 5.34. The molecule has 0 aromatic heterocycles. The van der Waals surface area contributed by atoms with Gasteiger partial charge in [-0.15, -0.1) is 0 Å². The van der Waals surface area contributed by atoms with Crippen LogP contribution in [0.4, 0.5) is 5.69 Å². The number of anilines is 1. The van der Waals surface area contributed by atoms with Crippen LogP contribution in [0.1, 0.15) is 18.4 Å². The van der Waals surface area contributed by atoms with Gasteiger partial charge in [-0.05, 0) is 36.6 Å². The molecule has 9 heteroatoms. The molecular formula is C14H14N2O6S. The number of aryl methyl sites for hydroxylation is 1. The Bertz CT molecular complexity index is 817. The second-order valence-electron chi connectivity index (χ2n) is 5.62. The van der Waals surface area contributed by atoms with Crippen molar-refractivity contribution in [1.29, 1.82) is 0 Å². The fourth-order valence-corrected chi connectivity index (χ4v) is 3.63. The molecule has 8 nitrogen and oxygen atoms in total. The Balaban J connectivity index is 1.77. The molecule has 0 radical (unpaired) electrons. The first-order valence-electron chi connectivity index (χ1n) is 7.00. The van der Waals surface area contributed by atoms with E-state index < -0.39 is 33.7 Å².